The number of aromatic nitrogens is 2. The Hall–Kier alpha value is -1.87. The van der Waals surface area contributed by atoms with Gasteiger partial charge in [-0.3, -0.25) is 9.69 Å². The fraction of sp³-hybridized carbons (Fsp3) is 0.250. The Labute approximate surface area is 178 Å². The highest BCUT2D eigenvalue weighted by Gasteiger charge is 2.28. The second kappa shape index (κ2) is 7.51. The zero-order valence-electron chi connectivity index (χ0n) is 14.8. The van der Waals surface area contributed by atoms with E-state index in [9.17, 15) is 4.79 Å². The summed E-state index contributed by atoms with van der Waals surface area (Å²) >= 11 is 6.44. The second-order valence-corrected chi connectivity index (χ2v) is 9.60. The predicted octanol–water partition coefficient (Wildman–Crippen LogP) is 5.49. The second-order valence-electron chi connectivity index (χ2n) is 6.65. The SMILES string of the molecule is O=C(c1nc2ccccc2s1)N(CC1CCCO1)c1nc2ccc(Br)cc2s1. The predicted molar refractivity (Wildman–Crippen MR) is 118 cm³/mol. The molecule has 0 N–H and O–H groups in total. The molecule has 3 heterocycles. The zero-order valence-corrected chi connectivity index (χ0v) is 18.0. The van der Waals surface area contributed by atoms with Crippen molar-refractivity contribution in [2.45, 2.75) is 18.9 Å². The summed E-state index contributed by atoms with van der Waals surface area (Å²) in [6, 6.07) is 13.8. The third-order valence-corrected chi connectivity index (χ3v) is 7.26. The molecule has 0 aliphatic carbocycles. The van der Waals surface area contributed by atoms with E-state index >= 15 is 0 Å². The molecule has 1 atom stereocenters. The van der Waals surface area contributed by atoms with E-state index in [1.54, 1.807) is 4.90 Å². The van der Waals surface area contributed by atoms with Gasteiger partial charge in [-0.15, -0.1) is 11.3 Å². The highest BCUT2D eigenvalue weighted by atomic mass is 79.9. The van der Waals surface area contributed by atoms with Crippen molar-refractivity contribution in [1.29, 1.82) is 0 Å². The average Bonchev–Trinajstić information content (AvgIpc) is 3.43. The number of para-hydroxylation sites is 1. The summed E-state index contributed by atoms with van der Waals surface area (Å²) in [5, 5.41) is 1.17. The van der Waals surface area contributed by atoms with Crippen LogP contribution in [-0.2, 0) is 4.74 Å². The highest BCUT2D eigenvalue weighted by Crippen LogP contribution is 2.33. The zero-order chi connectivity index (χ0) is 19.1. The Kier molecular flexibility index (Phi) is 4.88. The van der Waals surface area contributed by atoms with Crippen molar-refractivity contribution in [1.82, 2.24) is 9.97 Å². The number of carbonyl (C=O) groups is 1. The summed E-state index contributed by atoms with van der Waals surface area (Å²) < 4.78 is 8.85. The molecule has 8 heteroatoms. The summed E-state index contributed by atoms with van der Waals surface area (Å²) in [4.78, 5) is 24.4. The van der Waals surface area contributed by atoms with Gasteiger partial charge in [-0.1, -0.05) is 39.4 Å². The number of halogens is 1. The number of nitrogens with zero attached hydrogens (tertiary/aromatic N) is 3. The Morgan fingerprint density at radius 3 is 2.82 bits per heavy atom. The first-order valence-corrected chi connectivity index (χ1v) is 11.4. The van der Waals surface area contributed by atoms with E-state index in [1.807, 2.05) is 42.5 Å². The van der Waals surface area contributed by atoms with Crippen molar-refractivity contribution in [3.63, 3.8) is 0 Å². The lowest BCUT2D eigenvalue weighted by Gasteiger charge is -2.22. The van der Waals surface area contributed by atoms with E-state index < -0.39 is 0 Å². The van der Waals surface area contributed by atoms with Crippen LogP contribution in [0.25, 0.3) is 20.4 Å². The van der Waals surface area contributed by atoms with Crippen molar-refractivity contribution < 1.29 is 9.53 Å². The number of ether oxygens (including phenoxy) is 1. The van der Waals surface area contributed by atoms with E-state index in [-0.39, 0.29) is 12.0 Å². The van der Waals surface area contributed by atoms with Crippen molar-refractivity contribution in [3.05, 3.63) is 51.9 Å². The maximum Gasteiger partial charge on any atom is 0.289 e. The van der Waals surface area contributed by atoms with Crippen LogP contribution in [0.3, 0.4) is 0 Å². The molecule has 4 aromatic rings. The molecule has 5 rings (SSSR count). The molecule has 0 bridgehead atoms. The highest BCUT2D eigenvalue weighted by molar-refractivity contribution is 9.10. The van der Waals surface area contributed by atoms with Crippen LogP contribution < -0.4 is 4.90 Å². The average molecular weight is 474 g/mol. The molecule has 2 aromatic carbocycles. The minimum Gasteiger partial charge on any atom is -0.376 e. The molecule has 5 nitrogen and oxygen atoms in total. The lowest BCUT2D eigenvalue weighted by molar-refractivity contribution is 0.0917. The topological polar surface area (TPSA) is 55.3 Å². The molecule has 1 aliphatic rings. The fourth-order valence-electron chi connectivity index (χ4n) is 3.32. The van der Waals surface area contributed by atoms with Crippen LogP contribution in [0.4, 0.5) is 5.13 Å². The van der Waals surface area contributed by atoms with Crippen LogP contribution in [0.5, 0.6) is 0 Å². The standard InChI is InChI=1S/C20H16BrN3O2S2/c21-12-7-8-15-17(10-12)28-20(23-15)24(11-13-4-3-9-26-13)19(25)18-22-14-5-1-2-6-16(14)27-18/h1-2,5-8,10,13H,3-4,9,11H2. The summed E-state index contributed by atoms with van der Waals surface area (Å²) in [6.07, 6.45) is 2.03. The number of fused-ring (bicyclic) bond motifs is 2. The number of hydrogen-bond acceptors (Lipinski definition) is 6. The Bertz CT molecular complexity index is 1130. The molecular weight excluding hydrogens is 458 g/mol. The van der Waals surface area contributed by atoms with Crippen LogP contribution in [0.2, 0.25) is 0 Å². The van der Waals surface area contributed by atoms with Crippen molar-refractivity contribution >= 4 is 70.1 Å². The van der Waals surface area contributed by atoms with Crippen LogP contribution in [0, 0.1) is 0 Å². The van der Waals surface area contributed by atoms with Crippen molar-refractivity contribution in [2.75, 3.05) is 18.1 Å². The molecule has 1 saturated heterocycles. The minimum absolute atomic E-state index is 0.0390. The van der Waals surface area contributed by atoms with Gasteiger partial charge in [0.15, 0.2) is 10.1 Å². The molecule has 0 saturated carbocycles. The van der Waals surface area contributed by atoms with Gasteiger partial charge in [-0.2, -0.15) is 0 Å². The van der Waals surface area contributed by atoms with Gasteiger partial charge in [-0.05, 0) is 43.2 Å². The molecule has 2 aromatic heterocycles. The first-order chi connectivity index (χ1) is 13.7. The van der Waals surface area contributed by atoms with Gasteiger partial charge in [-0.25, -0.2) is 9.97 Å². The molecule has 142 valence electrons. The summed E-state index contributed by atoms with van der Waals surface area (Å²) in [7, 11) is 0. The number of rotatable bonds is 4. The van der Waals surface area contributed by atoms with E-state index in [1.165, 1.54) is 22.7 Å². The largest absolute Gasteiger partial charge is 0.376 e. The van der Waals surface area contributed by atoms with Crippen LogP contribution in [-0.4, -0.2) is 35.1 Å². The molecule has 1 aliphatic heterocycles. The molecular formula is C20H16BrN3O2S2. The van der Waals surface area contributed by atoms with Crippen molar-refractivity contribution in [2.24, 2.45) is 0 Å². The quantitative estimate of drug-likeness (QED) is 0.392. The molecule has 0 radical (unpaired) electrons. The maximum atomic E-state index is 13.4. The fourth-order valence-corrected chi connectivity index (χ4v) is 5.76. The molecule has 28 heavy (non-hydrogen) atoms. The van der Waals surface area contributed by atoms with Gasteiger partial charge in [0.05, 0.1) is 33.1 Å². The Balaban J connectivity index is 1.55. The summed E-state index contributed by atoms with van der Waals surface area (Å²) in [5.74, 6) is -0.116. The Morgan fingerprint density at radius 2 is 2.00 bits per heavy atom. The van der Waals surface area contributed by atoms with E-state index in [0.29, 0.717) is 16.7 Å². The van der Waals surface area contributed by atoms with Gasteiger partial charge in [0.2, 0.25) is 0 Å². The lowest BCUT2D eigenvalue weighted by atomic mass is 10.2. The third-order valence-electron chi connectivity index (χ3n) is 4.70. The first-order valence-electron chi connectivity index (χ1n) is 9.02. The lowest BCUT2D eigenvalue weighted by Crippen LogP contribution is -2.37. The minimum atomic E-state index is -0.116. The van der Waals surface area contributed by atoms with Crippen LogP contribution >= 0.6 is 38.6 Å². The van der Waals surface area contributed by atoms with E-state index in [2.05, 4.69) is 20.9 Å². The van der Waals surface area contributed by atoms with Crippen LogP contribution in [0.1, 0.15) is 22.6 Å². The first kappa shape index (κ1) is 18.2. The van der Waals surface area contributed by atoms with E-state index in [0.717, 1.165) is 44.4 Å². The number of hydrogen-bond donors (Lipinski definition) is 0. The molecule has 0 spiro atoms. The van der Waals surface area contributed by atoms with Crippen molar-refractivity contribution in [3.8, 4) is 0 Å². The van der Waals surface area contributed by atoms with Gasteiger partial charge < -0.3 is 4.74 Å². The van der Waals surface area contributed by atoms with E-state index in [4.69, 9.17) is 9.72 Å². The molecule has 1 unspecified atom stereocenters. The third kappa shape index (κ3) is 3.45. The number of thiazole rings is 2. The number of anilines is 1. The molecule has 1 amide bonds. The normalized spacial score (nSPS) is 16.8. The van der Waals surface area contributed by atoms with Gasteiger partial charge >= 0.3 is 0 Å². The smallest absolute Gasteiger partial charge is 0.289 e. The number of amides is 1. The number of benzene rings is 2. The Morgan fingerprint density at radius 1 is 1.14 bits per heavy atom. The van der Waals surface area contributed by atoms with Crippen LogP contribution in [0.15, 0.2) is 46.9 Å². The summed E-state index contributed by atoms with van der Waals surface area (Å²) in [6.45, 7) is 1.25. The monoisotopic (exact) mass is 473 g/mol. The number of carbonyl (C=O) groups excluding carboxylic acids is 1. The van der Waals surface area contributed by atoms with Gasteiger partial charge in [0.1, 0.15) is 0 Å². The summed E-state index contributed by atoms with van der Waals surface area (Å²) in [5.41, 5.74) is 1.73. The van der Waals surface area contributed by atoms with Gasteiger partial charge in [0, 0.05) is 11.1 Å². The molecule has 1 fully saturated rings. The maximum absolute atomic E-state index is 13.4. The van der Waals surface area contributed by atoms with Gasteiger partial charge in [0.25, 0.3) is 5.91 Å².